The second kappa shape index (κ2) is 3.18. The van der Waals surface area contributed by atoms with Gasteiger partial charge >= 0.3 is 0 Å². The van der Waals surface area contributed by atoms with E-state index < -0.39 is 0 Å². The molecule has 13 heavy (non-hydrogen) atoms. The monoisotopic (exact) mass is 238 g/mol. The minimum Gasteiger partial charge on any atom is -0.396 e. The Hall–Kier alpha value is -1.36. The lowest BCUT2D eigenvalue weighted by molar-refractivity contribution is 1.25. The average Bonchev–Trinajstić information content (AvgIpc) is 2.62. The first-order valence-electron chi connectivity index (χ1n) is 3.69. The maximum absolute atomic E-state index is 5.80. The van der Waals surface area contributed by atoms with E-state index in [1.54, 1.807) is 18.6 Å². The zero-order valence-corrected chi connectivity index (χ0v) is 8.25. The summed E-state index contributed by atoms with van der Waals surface area (Å²) in [5, 5.41) is 0. The van der Waals surface area contributed by atoms with Crippen molar-refractivity contribution in [1.82, 2.24) is 15.0 Å². The Morgan fingerprint density at radius 1 is 1.31 bits per heavy atom. The summed E-state index contributed by atoms with van der Waals surface area (Å²) in [6, 6.07) is 1.82. The number of hydrogen-bond donors (Lipinski definition) is 2. The number of pyridine rings is 1. The normalized spacial score (nSPS) is 10.2. The van der Waals surface area contributed by atoms with Crippen molar-refractivity contribution in [2.75, 3.05) is 5.73 Å². The number of nitrogens with one attached hydrogen (secondary N) is 1. The number of rotatable bonds is 1. The lowest BCUT2D eigenvalue weighted by Crippen LogP contribution is -1.94. The van der Waals surface area contributed by atoms with Crippen LogP contribution in [0.5, 0.6) is 0 Å². The highest BCUT2D eigenvalue weighted by atomic mass is 79.9. The number of imidazole rings is 1. The fourth-order valence-electron chi connectivity index (χ4n) is 1.07. The van der Waals surface area contributed by atoms with Gasteiger partial charge in [-0.15, -0.1) is 0 Å². The molecule has 0 spiro atoms. The van der Waals surface area contributed by atoms with E-state index in [9.17, 15) is 0 Å². The minimum absolute atomic E-state index is 0.595. The molecular formula is C8H7BrN4. The van der Waals surface area contributed by atoms with E-state index in [2.05, 4.69) is 30.9 Å². The molecule has 0 radical (unpaired) electrons. The number of nitrogens with zero attached hydrogens (tertiary/aromatic N) is 2. The Balaban J connectivity index is 2.59. The van der Waals surface area contributed by atoms with E-state index >= 15 is 0 Å². The fourth-order valence-corrected chi connectivity index (χ4v) is 1.40. The third-order valence-corrected chi connectivity index (χ3v) is 2.33. The van der Waals surface area contributed by atoms with E-state index in [0.29, 0.717) is 10.3 Å². The second-order valence-corrected chi connectivity index (χ2v) is 3.25. The van der Waals surface area contributed by atoms with Gasteiger partial charge in [0.15, 0.2) is 0 Å². The number of aromatic nitrogens is 3. The molecule has 0 aromatic carbocycles. The molecule has 0 aliphatic rings. The van der Waals surface area contributed by atoms with Gasteiger partial charge in [-0.2, -0.15) is 0 Å². The first kappa shape index (κ1) is 8.25. The maximum atomic E-state index is 5.80. The summed E-state index contributed by atoms with van der Waals surface area (Å²) in [4.78, 5) is 11.1. The minimum atomic E-state index is 0.595. The quantitative estimate of drug-likeness (QED) is 0.745. The van der Waals surface area contributed by atoms with Crippen LogP contribution >= 0.6 is 15.9 Å². The maximum Gasteiger partial charge on any atom is 0.139 e. The molecule has 2 heterocycles. The molecule has 0 saturated carbocycles. The van der Waals surface area contributed by atoms with Gasteiger partial charge in [0.25, 0.3) is 0 Å². The Morgan fingerprint density at radius 2 is 2.15 bits per heavy atom. The Morgan fingerprint density at radius 3 is 2.85 bits per heavy atom. The van der Waals surface area contributed by atoms with Crippen molar-refractivity contribution in [2.45, 2.75) is 0 Å². The van der Waals surface area contributed by atoms with E-state index in [4.69, 9.17) is 5.73 Å². The second-order valence-electron chi connectivity index (χ2n) is 2.50. The summed E-state index contributed by atoms with van der Waals surface area (Å²) in [6.45, 7) is 0. The van der Waals surface area contributed by atoms with Gasteiger partial charge in [-0.3, -0.25) is 0 Å². The van der Waals surface area contributed by atoms with E-state index in [-0.39, 0.29) is 0 Å². The van der Waals surface area contributed by atoms with Crippen LogP contribution in [-0.2, 0) is 0 Å². The van der Waals surface area contributed by atoms with Gasteiger partial charge < -0.3 is 10.7 Å². The molecule has 2 aromatic rings. The molecule has 0 bridgehead atoms. The lowest BCUT2D eigenvalue weighted by atomic mass is 10.2. The number of H-pyrrole nitrogens is 1. The largest absolute Gasteiger partial charge is 0.396 e. The Bertz CT molecular complexity index is 410. The molecule has 0 amide bonds. The summed E-state index contributed by atoms with van der Waals surface area (Å²) in [6.07, 6.45) is 5.12. The molecule has 0 saturated heterocycles. The van der Waals surface area contributed by atoms with Gasteiger partial charge in [0.2, 0.25) is 0 Å². The molecule has 0 unspecified atom stereocenters. The predicted octanol–water partition coefficient (Wildman–Crippen LogP) is 1.82. The highest BCUT2D eigenvalue weighted by Gasteiger charge is 2.07. The highest BCUT2D eigenvalue weighted by Crippen LogP contribution is 2.27. The lowest BCUT2D eigenvalue weighted by Gasteiger charge is -2.02. The summed E-state index contributed by atoms with van der Waals surface area (Å²) in [5.41, 5.74) is 7.25. The topological polar surface area (TPSA) is 67.6 Å². The molecule has 4 nitrogen and oxygen atoms in total. The van der Waals surface area contributed by atoms with Crippen LogP contribution < -0.4 is 5.73 Å². The summed E-state index contributed by atoms with van der Waals surface area (Å²) in [7, 11) is 0. The molecular weight excluding hydrogens is 232 g/mol. The van der Waals surface area contributed by atoms with Gasteiger partial charge in [0.05, 0.1) is 5.69 Å². The predicted molar refractivity (Wildman–Crippen MR) is 53.9 cm³/mol. The Kier molecular flexibility index (Phi) is 2.02. The average molecular weight is 239 g/mol. The molecule has 3 N–H and O–H groups in total. The van der Waals surface area contributed by atoms with Crippen molar-refractivity contribution < 1.29 is 0 Å². The van der Waals surface area contributed by atoms with Crippen molar-refractivity contribution >= 4 is 21.6 Å². The first-order chi connectivity index (χ1) is 6.29. The fraction of sp³-hybridized carbons (Fsp3) is 0. The standard InChI is InChI=1S/C8H7BrN4/c9-7-6(10)5(1-2-11-7)8-12-3-4-13-8/h1-4H,10H2,(H,12,13). The SMILES string of the molecule is Nc1c(-c2ncc[nH]2)ccnc1Br. The van der Waals surface area contributed by atoms with Crippen molar-refractivity contribution in [3.8, 4) is 11.4 Å². The van der Waals surface area contributed by atoms with E-state index in [1.807, 2.05) is 6.07 Å². The molecule has 0 atom stereocenters. The highest BCUT2D eigenvalue weighted by molar-refractivity contribution is 9.10. The summed E-state index contributed by atoms with van der Waals surface area (Å²) < 4.78 is 0.640. The number of nitrogen functional groups attached to an aromatic ring is 1. The van der Waals surface area contributed by atoms with Crippen LogP contribution in [0, 0.1) is 0 Å². The van der Waals surface area contributed by atoms with Crippen LogP contribution in [0.2, 0.25) is 0 Å². The van der Waals surface area contributed by atoms with Crippen LogP contribution in [0.3, 0.4) is 0 Å². The molecule has 0 fully saturated rings. The molecule has 66 valence electrons. The molecule has 0 aliphatic heterocycles. The molecule has 2 rings (SSSR count). The van der Waals surface area contributed by atoms with E-state index in [1.165, 1.54) is 0 Å². The molecule has 0 aliphatic carbocycles. The molecule has 5 heteroatoms. The summed E-state index contributed by atoms with van der Waals surface area (Å²) >= 11 is 3.25. The van der Waals surface area contributed by atoms with Crippen molar-refractivity contribution in [3.05, 3.63) is 29.3 Å². The number of hydrogen-bond acceptors (Lipinski definition) is 3. The van der Waals surface area contributed by atoms with Crippen LogP contribution in [0.1, 0.15) is 0 Å². The van der Waals surface area contributed by atoms with Gasteiger partial charge in [-0.05, 0) is 22.0 Å². The third kappa shape index (κ3) is 1.42. The van der Waals surface area contributed by atoms with Gasteiger partial charge in [0, 0.05) is 24.2 Å². The summed E-state index contributed by atoms with van der Waals surface area (Å²) in [5.74, 6) is 0.751. The number of nitrogens with two attached hydrogens (primary N) is 1. The van der Waals surface area contributed by atoms with Gasteiger partial charge in [-0.25, -0.2) is 9.97 Å². The van der Waals surface area contributed by atoms with Gasteiger partial charge in [-0.1, -0.05) is 0 Å². The van der Waals surface area contributed by atoms with Crippen LogP contribution in [0.25, 0.3) is 11.4 Å². The van der Waals surface area contributed by atoms with Gasteiger partial charge in [0.1, 0.15) is 10.4 Å². The molecule has 2 aromatic heterocycles. The zero-order chi connectivity index (χ0) is 9.26. The van der Waals surface area contributed by atoms with E-state index in [0.717, 1.165) is 11.4 Å². The van der Waals surface area contributed by atoms with Crippen LogP contribution in [0.15, 0.2) is 29.3 Å². The number of aromatic amines is 1. The number of halogens is 1. The van der Waals surface area contributed by atoms with Crippen molar-refractivity contribution in [2.24, 2.45) is 0 Å². The van der Waals surface area contributed by atoms with Crippen molar-refractivity contribution in [1.29, 1.82) is 0 Å². The Labute approximate surface area is 83.3 Å². The zero-order valence-electron chi connectivity index (χ0n) is 6.66. The van der Waals surface area contributed by atoms with Crippen LogP contribution in [0.4, 0.5) is 5.69 Å². The van der Waals surface area contributed by atoms with Crippen LogP contribution in [-0.4, -0.2) is 15.0 Å². The van der Waals surface area contributed by atoms with Crippen molar-refractivity contribution in [3.63, 3.8) is 0 Å². The third-order valence-electron chi connectivity index (χ3n) is 1.69. The first-order valence-corrected chi connectivity index (χ1v) is 4.48. The number of anilines is 1. The smallest absolute Gasteiger partial charge is 0.139 e.